The molecule has 0 spiro atoms. The van der Waals surface area contributed by atoms with Crippen LogP contribution in [0.3, 0.4) is 0 Å². The van der Waals surface area contributed by atoms with Gasteiger partial charge in [-0.05, 0) is 17.4 Å². The van der Waals surface area contributed by atoms with Crippen molar-refractivity contribution in [3.63, 3.8) is 0 Å². The molecule has 1 unspecified atom stereocenters. The van der Waals surface area contributed by atoms with E-state index in [1.165, 1.54) is 0 Å². The quantitative estimate of drug-likeness (QED) is 0.838. The van der Waals surface area contributed by atoms with E-state index in [2.05, 4.69) is 26.1 Å². The number of hydrogen-bond donors (Lipinski definition) is 2. The summed E-state index contributed by atoms with van der Waals surface area (Å²) in [6, 6.07) is 9.32. The first-order valence-electron chi connectivity index (χ1n) is 7.53. The van der Waals surface area contributed by atoms with Crippen LogP contribution in [-0.2, 0) is 9.53 Å². The highest BCUT2D eigenvalue weighted by Gasteiger charge is 2.42. The van der Waals surface area contributed by atoms with Gasteiger partial charge in [0.25, 0.3) is 0 Å². The van der Waals surface area contributed by atoms with Crippen LogP contribution in [0.25, 0.3) is 0 Å². The van der Waals surface area contributed by atoms with Crippen molar-refractivity contribution in [3.05, 3.63) is 35.9 Å². The Morgan fingerprint density at radius 3 is 2.41 bits per heavy atom. The second-order valence-corrected chi connectivity index (χ2v) is 6.80. The maximum Gasteiger partial charge on any atom is 0.405 e. The lowest BCUT2D eigenvalue weighted by molar-refractivity contribution is -0.142. The number of cyclic esters (lactones) is 1. The van der Waals surface area contributed by atoms with Gasteiger partial charge in [0.05, 0.1) is 6.04 Å². The molecular weight excluding hydrogens is 282 g/mol. The van der Waals surface area contributed by atoms with Crippen LogP contribution in [-0.4, -0.2) is 29.3 Å². The lowest BCUT2D eigenvalue weighted by Crippen LogP contribution is -2.50. The van der Waals surface area contributed by atoms with Crippen LogP contribution >= 0.6 is 0 Å². The van der Waals surface area contributed by atoms with Crippen molar-refractivity contribution in [2.45, 2.75) is 51.7 Å². The zero-order valence-corrected chi connectivity index (χ0v) is 13.2. The van der Waals surface area contributed by atoms with Crippen molar-refractivity contribution >= 4 is 12.1 Å². The van der Waals surface area contributed by atoms with Crippen LogP contribution in [0.4, 0.5) is 4.79 Å². The molecule has 5 nitrogen and oxygen atoms in total. The molecule has 22 heavy (non-hydrogen) atoms. The van der Waals surface area contributed by atoms with E-state index in [9.17, 15) is 14.7 Å². The zero-order valence-electron chi connectivity index (χ0n) is 13.2. The number of amides is 1. The highest BCUT2D eigenvalue weighted by Crippen LogP contribution is 2.40. The Bertz CT molecular complexity index is 535. The molecule has 0 bridgehead atoms. The minimum absolute atomic E-state index is 0.0966. The summed E-state index contributed by atoms with van der Waals surface area (Å²) >= 11 is 0. The molecule has 0 saturated carbocycles. The van der Waals surface area contributed by atoms with Gasteiger partial charge < -0.3 is 15.2 Å². The Kier molecular flexibility index (Phi) is 4.74. The summed E-state index contributed by atoms with van der Waals surface area (Å²) < 4.78 is 5.36. The summed E-state index contributed by atoms with van der Waals surface area (Å²) in [5.41, 5.74) is 0.848. The average Bonchev–Trinajstić information content (AvgIpc) is 2.84. The highest BCUT2D eigenvalue weighted by molar-refractivity contribution is 5.72. The summed E-state index contributed by atoms with van der Waals surface area (Å²) in [5, 5.41) is 11.8. The lowest BCUT2D eigenvalue weighted by Gasteiger charge is -2.39. The van der Waals surface area contributed by atoms with Crippen molar-refractivity contribution in [2.24, 2.45) is 5.41 Å². The van der Waals surface area contributed by atoms with E-state index in [1.807, 2.05) is 30.3 Å². The number of carbonyl (C=O) groups excluding carboxylic acids is 1. The SMILES string of the molecule is CC(C)(C)C(c1ccccc1)[C@H](NC(=O)O)[C@@H]1CCC(=O)O1. The van der Waals surface area contributed by atoms with Gasteiger partial charge in [-0.25, -0.2) is 4.79 Å². The minimum atomic E-state index is -1.10. The molecule has 1 saturated heterocycles. The number of nitrogens with one attached hydrogen (secondary N) is 1. The maximum atomic E-state index is 11.5. The predicted octanol–water partition coefficient (Wildman–Crippen LogP) is 3.16. The Morgan fingerprint density at radius 2 is 1.95 bits per heavy atom. The van der Waals surface area contributed by atoms with Gasteiger partial charge in [-0.1, -0.05) is 51.1 Å². The van der Waals surface area contributed by atoms with Crippen LogP contribution in [0.15, 0.2) is 30.3 Å². The van der Waals surface area contributed by atoms with Gasteiger partial charge in [0.15, 0.2) is 0 Å². The number of benzene rings is 1. The first kappa shape index (κ1) is 16.3. The molecular formula is C17H23NO4. The molecule has 5 heteroatoms. The van der Waals surface area contributed by atoms with E-state index in [0.717, 1.165) is 5.56 Å². The molecule has 1 fully saturated rings. The maximum absolute atomic E-state index is 11.5. The van der Waals surface area contributed by atoms with E-state index in [0.29, 0.717) is 12.8 Å². The van der Waals surface area contributed by atoms with Crippen molar-refractivity contribution in [2.75, 3.05) is 0 Å². The number of ether oxygens (including phenoxy) is 1. The molecule has 2 rings (SSSR count). The minimum Gasteiger partial charge on any atom is -0.465 e. The Labute approximate surface area is 130 Å². The summed E-state index contributed by atoms with van der Waals surface area (Å²) in [6.07, 6.45) is -0.636. The standard InChI is InChI=1S/C17H23NO4/c1-17(2,3)14(11-7-5-4-6-8-11)15(18-16(20)21)12-9-10-13(19)22-12/h4-8,12,14-15,18H,9-10H2,1-3H3,(H,20,21)/t12-,14?,15+/m0/s1. The van der Waals surface area contributed by atoms with Crippen LogP contribution in [0.1, 0.15) is 45.1 Å². The van der Waals surface area contributed by atoms with E-state index < -0.39 is 18.2 Å². The highest BCUT2D eigenvalue weighted by atomic mass is 16.6. The van der Waals surface area contributed by atoms with Crippen LogP contribution in [0.2, 0.25) is 0 Å². The monoisotopic (exact) mass is 305 g/mol. The molecule has 3 atom stereocenters. The fourth-order valence-corrected chi connectivity index (χ4v) is 3.24. The molecule has 0 aromatic heterocycles. The molecule has 1 amide bonds. The number of carbonyl (C=O) groups is 2. The second kappa shape index (κ2) is 6.38. The topological polar surface area (TPSA) is 75.6 Å². The third kappa shape index (κ3) is 3.78. The van der Waals surface area contributed by atoms with Gasteiger partial charge in [-0.15, -0.1) is 0 Å². The van der Waals surface area contributed by atoms with Crippen LogP contribution < -0.4 is 5.32 Å². The average molecular weight is 305 g/mol. The number of esters is 1. The summed E-state index contributed by atoms with van der Waals surface area (Å²) in [5.74, 6) is -0.358. The normalized spacial score (nSPS) is 21.0. The van der Waals surface area contributed by atoms with Crippen LogP contribution in [0.5, 0.6) is 0 Å². The first-order valence-corrected chi connectivity index (χ1v) is 7.53. The molecule has 2 N–H and O–H groups in total. The van der Waals surface area contributed by atoms with E-state index >= 15 is 0 Å². The fraction of sp³-hybridized carbons (Fsp3) is 0.529. The smallest absolute Gasteiger partial charge is 0.405 e. The van der Waals surface area contributed by atoms with Crippen molar-refractivity contribution in [3.8, 4) is 0 Å². The van der Waals surface area contributed by atoms with Crippen molar-refractivity contribution in [1.29, 1.82) is 0 Å². The van der Waals surface area contributed by atoms with Gasteiger partial charge >= 0.3 is 12.1 Å². The summed E-state index contributed by atoms with van der Waals surface area (Å²) in [7, 11) is 0. The van der Waals surface area contributed by atoms with Crippen molar-refractivity contribution < 1.29 is 19.4 Å². The lowest BCUT2D eigenvalue weighted by atomic mass is 9.70. The van der Waals surface area contributed by atoms with E-state index in [-0.39, 0.29) is 17.3 Å². The molecule has 1 aliphatic heterocycles. The summed E-state index contributed by atoms with van der Waals surface area (Å²) in [6.45, 7) is 6.20. The number of hydrogen-bond acceptors (Lipinski definition) is 3. The molecule has 120 valence electrons. The van der Waals surface area contributed by atoms with E-state index in [4.69, 9.17) is 4.74 Å². The Hall–Kier alpha value is -2.04. The fourth-order valence-electron chi connectivity index (χ4n) is 3.24. The zero-order chi connectivity index (χ0) is 16.3. The van der Waals surface area contributed by atoms with Gasteiger partial charge in [-0.3, -0.25) is 4.79 Å². The van der Waals surface area contributed by atoms with Crippen molar-refractivity contribution in [1.82, 2.24) is 5.32 Å². The molecule has 0 radical (unpaired) electrons. The van der Waals surface area contributed by atoms with E-state index in [1.54, 1.807) is 0 Å². The Balaban J connectivity index is 2.39. The second-order valence-electron chi connectivity index (χ2n) is 6.80. The van der Waals surface area contributed by atoms with Gasteiger partial charge in [0.1, 0.15) is 6.10 Å². The molecule has 0 aliphatic carbocycles. The van der Waals surface area contributed by atoms with Gasteiger partial charge in [0, 0.05) is 12.3 Å². The third-order valence-corrected chi connectivity index (χ3v) is 4.06. The van der Waals surface area contributed by atoms with Crippen LogP contribution in [0, 0.1) is 5.41 Å². The first-order chi connectivity index (χ1) is 10.3. The molecule has 1 aromatic carbocycles. The molecule has 1 heterocycles. The number of carboxylic acid groups (broad SMARTS) is 1. The van der Waals surface area contributed by atoms with Gasteiger partial charge in [0.2, 0.25) is 0 Å². The Morgan fingerprint density at radius 1 is 1.32 bits per heavy atom. The predicted molar refractivity (Wildman–Crippen MR) is 82.7 cm³/mol. The number of rotatable bonds is 4. The third-order valence-electron chi connectivity index (χ3n) is 4.06. The van der Waals surface area contributed by atoms with Gasteiger partial charge in [-0.2, -0.15) is 0 Å². The summed E-state index contributed by atoms with van der Waals surface area (Å²) in [4.78, 5) is 22.7. The molecule has 1 aromatic rings. The largest absolute Gasteiger partial charge is 0.465 e. The molecule has 1 aliphatic rings.